The monoisotopic (exact) mass is 384 g/mol. The number of hydrogen-bond donors (Lipinski definition) is 1. The maximum Gasteiger partial charge on any atom is 0.240 e. The minimum absolute atomic E-state index is 0.0465. The maximum atomic E-state index is 13.3. The summed E-state index contributed by atoms with van der Waals surface area (Å²) in [6, 6.07) is 8.11. The fraction of sp³-hybridized carbons (Fsp3) is 0.478. The number of Topliss-reactive ketones (excluding diaryl/α,β-unsaturated/α-hetero) is 1. The summed E-state index contributed by atoms with van der Waals surface area (Å²) in [6.07, 6.45) is 3.35. The quantitative estimate of drug-likeness (QED) is 0.757. The van der Waals surface area contributed by atoms with E-state index in [1.54, 1.807) is 18.2 Å². The van der Waals surface area contributed by atoms with E-state index in [2.05, 4.69) is 19.2 Å². The number of halogens is 1. The Labute approximate surface area is 166 Å². The molecule has 1 aliphatic carbocycles. The molecule has 1 aromatic carbocycles. The number of benzene rings is 1. The van der Waals surface area contributed by atoms with Gasteiger partial charge in [0.25, 0.3) is 0 Å². The topological polar surface area (TPSA) is 51.1 Å². The molecule has 150 valence electrons. The van der Waals surface area contributed by atoms with Crippen molar-refractivity contribution >= 4 is 11.7 Å². The van der Waals surface area contributed by atoms with Crippen LogP contribution in [0.1, 0.15) is 56.1 Å². The van der Waals surface area contributed by atoms with Crippen LogP contribution in [0.25, 0.3) is 11.3 Å². The van der Waals surface area contributed by atoms with Crippen LogP contribution in [-0.2, 0) is 11.3 Å². The molecule has 3 atom stereocenters. The molecule has 0 radical (unpaired) electrons. The van der Waals surface area contributed by atoms with Crippen molar-refractivity contribution < 1.29 is 14.0 Å². The van der Waals surface area contributed by atoms with E-state index in [1.165, 1.54) is 25.5 Å². The molecule has 0 bridgehead atoms. The van der Waals surface area contributed by atoms with E-state index >= 15 is 0 Å². The number of nitrogens with one attached hydrogen (secondary N) is 1. The van der Waals surface area contributed by atoms with E-state index in [1.807, 2.05) is 11.5 Å². The fourth-order valence-electron chi connectivity index (χ4n) is 4.25. The summed E-state index contributed by atoms with van der Waals surface area (Å²) in [5.74, 6) is 0.639. The molecule has 1 aromatic heterocycles. The predicted molar refractivity (Wildman–Crippen MR) is 109 cm³/mol. The predicted octanol–water partition coefficient (Wildman–Crippen LogP) is 4.75. The normalized spacial score (nSPS) is 22.1. The third-order valence-electron chi connectivity index (χ3n) is 6.24. The Morgan fingerprint density at radius 3 is 2.50 bits per heavy atom. The number of carbonyl (C=O) groups is 2. The third kappa shape index (κ3) is 4.18. The Morgan fingerprint density at radius 1 is 1.18 bits per heavy atom. The van der Waals surface area contributed by atoms with Gasteiger partial charge in [-0.25, -0.2) is 4.39 Å². The van der Waals surface area contributed by atoms with Gasteiger partial charge in [0.1, 0.15) is 12.4 Å². The van der Waals surface area contributed by atoms with Crippen molar-refractivity contribution in [3.8, 4) is 11.3 Å². The summed E-state index contributed by atoms with van der Waals surface area (Å²) < 4.78 is 15.2. The minimum Gasteiger partial charge on any atom is -0.352 e. The lowest BCUT2D eigenvalue weighted by Crippen LogP contribution is -2.44. The number of rotatable bonds is 5. The average molecular weight is 384 g/mol. The number of nitrogens with zero attached hydrogens (tertiary/aromatic N) is 1. The van der Waals surface area contributed by atoms with E-state index in [0.29, 0.717) is 17.4 Å². The van der Waals surface area contributed by atoms with Crippen LogP contribution in [0.4, 0.5) is 4.39 Å². The van der Waals surface area contributed by atoms with Crippen LogP contribution >= 0.6 is 0 Å². The van der Waals surface area contributed by atoms with Gasteiger partial charge in [-0.3, -0.25) is 9.59 Å². The highest BCUT2D eigenvalue weighted by Crippen LogP contribution is 2.30. The van der Waals surface area contributed by atoms with Crippen molar-refractivity contribution in [2.24, 2.45) is 11.8 Å². The number of ketones is 1. The molecule has 1 fully saturated rings. The maximum absolute atomic E-state index is 13.3. The molecule has 1 heterocycles. The molecule has 5 heteroatoms. The van der Waals surface area contributed by atoms with Crippen molar-refractivity contribution in [2.45, 2.75) is 59.5 Å². The summed E-state index contributed by atoms with van der Waals surface area (Å²) in [6.45, 7) is 7.95. The largest absolute Gasteiger partial charge is 0.352 e. The Morgan fingerprint density at radius 2 is 1.86 bits per heavy atom. The molecule has 0 aliphatic heterocycles. The number of amides is 1. The summed E-state index contributed by atoms with van der Waals surface area (Å²) >= 11 is 0. The zero-order valence-corrected chi connectivity index (χ0v) is 17.1. The molecule has 2 aromatic rings. The summed E-state index contributed by atoms with van der Waals surface area (Å²) in [5.41, 5.74) is 2.88. The van der Waals surface area contributed by atoms with E-state index in [0.717, 1.165) is 29.8 Å². The minimum atomic E-state index is -0.316. The summed E-state index contributed by atoms with van der Waals surface area (Å²) in [5, 5.41) is 3.20. The zero-order chi connectivity index (χ0) is 20.4. The second-order valence-electron chi connectivity index (χ2n) is 8.12. The van der Waals surface area contributed by atoms with Crippen LogP contribution in [0.3, 0.4) is 0 Å². The van der Waals surface area contributed by atoms with Gasteiger partial charge in [0, 0.05) is 23.0 Å². The van der Waals surface area contributed by atoms with Gasteiger partial charge in [-0.05, 0) is 68.0 Å². The molecule has 28 heavy (non-hydrogen) atoms. The third-order valence-corrected chi connectivity index (χ3v) is 6.24. The zero-order valence-electron chi connectivity index (χ0n) is 17.1. The Balaban J connectivity index is 1.86. The van der Waals surface area contributed by atoms with Gasteiger partial charge in [-0.1, -0.05) is 26.7 Å². The van der Waals surface area contributed by atoms with Gasteiger partial charge in [-0.2, -0.15) is 0 Å². The van der Waals surface area contributed by atoms with E-state index in [4.69, 9.17) is 0 Å². The molecule has 4 nitrogen and oxygen atoms in total. The smallest absolute Gasteiger partial charge is 0.240 e. The van der Waals surface area contributed by atoms with Crippen molar-refractivity contribution in [1.82, 2.24) is 9.88 Å². The molecule has 3 rings (SSSR count). The number of aromatic nitrogens is 1. The van der Waals surface area contributed by atoms with Gasteiger partial charge in [0.05, 0.1) is 0 Å². The Hall–Kier alpha value is -2.43. The van der Waals surface area contributed by atoms with Gasteiger partial charge >= 0.3 is 0 Å². The van der Waals surface area contributed by atoms with Crippen molar-refractivity contribution in [3.05, 3.63) is 47.4 Å². The SMILES string of the molecule is CC(=O)c1cc(-c2ccc(F)cc2)n(CC(=O)NC2CCCC(C)C2C)c1C. The van der Waals surface area contributed by atoms with Crippen LogP contribution in [-0.4, -0.2) is 22.3 Å². The van der Waals surface area contributed by atoms with Gasteiger partial charge in [0.2, 0.25) is 5.91 Å². The summed E-state index contributed by atoms with van der Waals surface area (Å²) in [4.78, 5) is 24.9. The Kier molecular flexibility index (Phi) is 6.01. The van der Waals surface area contributed by atoms with E-state index < -0.39 is 0 Å². The van der Waals surface area contributed by atoms with Crippen LogP contribution in [0.5, 0.6) is 0 Å². The van der Waals surface area contributed by atoms with Gasteiger partial charge in [-0.15, -0.1) is 0 Å². The van der Waals surface area contributed by atoms with Crippen LogP contribution in [0, 0.1) is 24.6 Å². The summed E-state index contributed by atoms with van der Waals surface area (Å²) in [7, 11) is 0. The van der Waals surface area contributed by atoms with E-state index in [9.17, 15) is 14.0 Å². The van der Waals surface area contributed by atoms with Crippen LogP contribution in [0.2, 0.25) is 0 Å². The average Bonchev–Trinajstić information content (AvgIpc) is 2.96. The molecule has 1 N–H and O–H groups in total. The van der Waals surface area contributed by atoms with Crippen molar-refractivity contribution in [3.63, 3.8) is 0 Å². The Bertz CT molecular complexity index is 869. The molecule has 0 saturated heterocycles. The second kappa shape index (κ2) is 8.29. The van der Waals surface area contributed by atoms with Crippen molar-refractivity contribution in [2.75, 3.05) is 0 Å². The first-order chi connectivity index (χ1) is 13.3. The first-order valence-corrected chi connectivity index (χ1v) is 10.0. The van der Waals surface area contributed by atoms with Gasteiger partial charge in [0.15, 0.2) is 5.78 Å². The molecule has 1 saturated carbocycles. The lowest BCUT2D eigenvalue weighted by atomic mass is 9.78. The molecular formula is C23H29FN2O2. The van der Waals surface area contributed by atoms with E-state index in [-0.39, 0.29) is 30.1 Å². The highest BCUT2D eigenvalue weighted by atomic mass is 19.1. The standard InChI is InChI=1S/C23H29FN2O2/c1-14-6-5-7-21(15(14)2)25-23(28)13-26-16(3)20(17(4)27)12-22(26)18-8-10-19(24)11-9-18/h8-12,14-15,21H,5-7,13H2,1-4H3,(H,25,28). The van der Waals surface area contributed by atoms with Crippen LogP contribution in [0.15, 0.2) is 30.3 Å². The second-order valence-corrected chi connectivity index (χ2v) is 8.12. The first kappa shape index (κ1) is 20.3. The molecule has 0 spiro atoms. The first-order valence-electron chi connectivity index (χ1n) is 10.0. The highest BCUT2D eigenvalue weighted by molar-refractivity contribution is 5.97. The lowest BCUT2D eigenvalue weighted by molar-refractivity contribution is -0.123. The highest BCUT2D eigenvalue weighted by Gasteiger charge is 2.28. The number of hydrogen-bond acceptors (Lipinski definition) is 2. The van der Waals surface area contributed by atoms with Crippen LogP contribution < -0.4 is 5.32 Å². The molecule has 3 unspecified atom stereocenters. The van der Waals surface area contributed by atoms with Crippen molar-refractivity contribution in [1.29, 1.82) is 0 Å². The number of carbonyl (C=O) groups excluding carboxylic acids is 2. The lowest BCUT2D eigenvalue weighted by Gasteiger charge is -2.34. The molecule has 1 aliphatic rings. The molecular weight excluding hydrogens is 355 g/mol. The van der Waals surface area contributed by atoms with Gasteiger partial charge < -0.3 is 9.88 Å². The fourth-order valence-corrected chi connectivity index (χ4v) is 4.25. The molecule has 1 amide bonds.